The van der Waals surface area contributed by atoms with E-state index in [2.05, 4.69) is 17.1 Å². The van der Waals surface area contributed by atoms with Gasteiger partial charge in [-0.2, -0.15) is 0 Å². The predicted octanol–water partition coefficient (Wildman–Crippen LogP) is 2.24. The quantitative estimate of drug-likeness (QED) is 0.867. The molecule has 2 N–H and O–H groups in total. The minimum Gasteiger partial charge on any atom is -0.392 e. The van der Waals surface area contributed by atoms with Gasteiger partial charge in [0.15, 0.2) is 0 Å². The highest BCUT2D eigenvalue weighted by atomic mass is 16.3. The summed E-state index contributed by atoms with van der Waals surface area (Å²) in [5.41, 5.74) is 1.60. The van der Waals surface area contributed by atoms with Gasteiger partial charge in [0.05, 0.1) is 6.61 Å². The Balaban J connectivity index is 1.86. The zero-order chi connectivity index (χ0) is 14.4. The highest BCUT2D eigenvalue weighted by Gasteiger charge is 2.24. The second-order valence-corrected chi connectivity index (χ2v) is 5.46. The van der Waals surface area contributed by atoms with Crippen molar-refractivity contribution in [3.63, 3.8) is 0 Å². The number of rotatable bonds is 5. The Labute approximate surface area is 120 Å². The summed E-state index contributed by atoms with van der Waals surface area (Å²) in [6.45, 7) is 5.35. The van der Waals surface area contributed by atoms with E-state index in [1.807, 2.05) is 24.3 Å². The summed E-state index contributed by atoms with van der Waals surface area (Å²) in [6.07, 6.45) is 3.04. The molecule has 4 heteroatoms. The summed E-state index contributed by atoms with van der Waals surface area (Å²) in [7, 11) is 0. The van der Waals surface area contributed by atoms with Crippen LogP contribution in [0.4, 0.5) is 5.69 Å². The SMILES string of the molecule is CCCN1CCC(C(=O)Nc2cccc(CO)c2)CC1. The van der Waals surface area contributed by atoms with E-state index in [4.69, 9.17) is 5.11 Å². The maximum Gasteiger partial charge on any atom is 0.227 e. The lowest BCUT2D eigenvalue weighted by molar-refractivity contribution is -0.121. The van der Waals surface area contributed by atoms with Crippen LogP contribution in [0, 0.1) is 5.92 Å². The van der Waals surface area contributed by atoms with Gasteiger partial charge >= 0.3 is 0 Å². The monoisotopic (exact) mass is 276 g/mol. The van der Waals surface area contributed by atoms with Gasteiger partial charge in [0.1, 0.15) is 0 Å². The van der Waals surface area contributed by atoms with Gasteiger partial charge < -0.3 is 15.3 Å². The average molecular weight is 276 g/mol. The van der Waals surface area contributed by atoms with Crippen LogP contribution in [0.3, 0.4) is 0 Å². The van der Waals surface area contributed by atoms with E-state index in [1.165, 1.54) is 6.42 Å². The third-order valence-electron chi connectivity index (χ3n) is 3.88. The highest BCUT2D eigenvalue weighted by molar-refractivity contribution is 5.92. The zero-order valence-corrected chi connectivity index (χ0v) is 12.1. The molecular weight excluding hydrogens is 252 g/mol. The number of hydrogen-bond acceptors (Lipinski definition) is 3. The fourth-order valence-electron chi connectivity index (χ4n) is 2.73. The molecule has 0 spiro atoms. The molecule has 2 rings (SSSR count). The topological polar surface area (TPSA) is 52.6 Å². The largest absolute Gasteiger partial charge is 0.392 e. The molecule has 1 amide bonds. The first-order chi connectivity index (χ1) is 9.72. The third-order valence-corrected chi connectivity index (χ3v) is 3.88. The number of carbonyl (C=O) groups excluding carboxylic acids is 1. The Morgan fingerprint density at radius 1 is 1.40 bits per heavy atom. The molecule has 1 aromatic carbocycles. The summed E-state index contributed by atoms with van der Waals surface area (Å²) in [4.78, 5) is 14.7. The van der Waals surface area contributed by atoms with Crippen molar-refractivity contribution in [2.24, 2.45) is 5.92 Å². The van der Waals surface area contributed by atoms with Gasteiger partial charge in [0.2, 0.25) is 5.91 Å². The van der Waals surface area contributed by atoms with E-state index in [-0.39, 0.29) is 18.4 Å². The second-order valence-electron chi connectivity index (χ2n) is 5.46. The van der Waals surface area contributed by atoms with E-state index in [0.717, 1.165) is 43.7 Å². The number of nitrogens with one attached hydrogen (secondary N) is 1. The van der Waals surface area contributed by atoms with Crippen LogP contribution in [0.1, 0.15) is 31.7 Å². The number of aliphatic hydroxyl groups excluding tert-OH is 1. The smallest absolute Gasteiger partial charge is 0.227 e. The van der Waals surface area contributed by atoms with Crippen molar-refractivity contribution < 1.29 is 9.90 Å². The van der Waals surface area contributed by atoms with Crippen LogP contribution in [0.15, 0.2) is 24.3 Å². The molecule has 1 aliphatic rings. The van der Waals surface area contributed by atoms with Crippen molar-refractivity contribution in [3.05, 3.63) is 29.8 Å². The number of likely N-dealkylation sites (tertiary alicyclic amines) is 1. The maximum atomic E-state index is 12.2. The minimum absolute atomic E-state index is 0.000876. The van der Waals surface area contributed by atoms with Crippen LogP contribution in [0.2, 0.25) is 0 Å². The Morgan fingerprint density at radius 2 is 2.15 bits per heavy atom. The lowest BCUT2D eigenvalue weighted by atomic mass is 9.95. The number of benzene rings is 1. The van der Waals surface area contributed by atoms with Crippen LogP contribution in [0.5, 0.6) is 0 Å². The summed E-state index contributed by atoms with van der Waals surface area (Å²) < 4.78 is 0. The summed E-state index contributed by atoms with van der Waals surface area (Å²) in [5, 5.41) is 12.1. The average Bonchev–Trinajstić information content (AvgIpc) is 2.48. The van der Waals surface area contributed by atoms with E-state index in [1.54, 1.807) is 0 Å². The first-order valence-corrected chi connectivity index (χ1v) is 7.46. The van der Waals surface area contributed by atoms with Crippen LogP contribution >= 0.6 is 0 Å². The molecular formula is C16H24N2O2. The standard InChI is InChI=1S/C16H24N2O2/c1-2-8-18-9-6-14(7-10-18)16(20)17-15-5-3-4-13(11-15)12-19/h3-5,11,14,19H,2,6-10,12H2,1H3,(H,17,20). The van der Waals surface area contributed by atoms with Crippen molar-refractivity contribution in [1.82, 2.24) is 4.90 Å². The molecule has 0 bridgehead atoms. The summed E-state index contributed by atoms with van der Waals surface area (Å²) in [6, 6.07) is 7.39. The summed E-state index contributed by atoms with van der Waals surface area (Å²) in [5.74, 6) is 0.220. The number of hydrogen-bond donors (Lipinski definition) is 2. The first-order valence-electron chi connectivity index (χ1n) is 7.46. The zero-order valence-electron chi connectivity index (χ0n) is 12.1. The molecule has 1 aliphatic heterocycles. The Kier molecular flexibility index (Phi) is 5.56. The Bertz CT molecular complexity index is 440. The minimum atomic E-state index is -0.000876. The number of piperidine rings is 1. The van der Waals surface area contributed by atoms with E-state index < -0.39 is 0 Å². The molecule has 1 fully saturated rings. The lowest BCUT2D eigenvalue weighted by Gasteiger charge is -2.30. The third kappa shape index (κ3) is 4.05. The molecule has 1 heterocycles. The molecule has 1 aromatic rings. The molecule has 20 heavy (non-hydrogen) atoms. The van der Waals surface area contributed by atoms with Crippen LogP contribution in [-0.2, 0) is 11.4 Å². The molecule has 0 unspecified atom stereocenters. The van der Waals surface area contributed by atoms with Crippen molar-refractivity contribution >= 4 is 11.6 Å². The van der Waals surface area contributed by atoms with Crippen LogP contribution in [-0.4, -0.2) is 35.5 Å². The molecule has 4 nitrogen and oxygen atoms in total. The molecule has 0 saturated carbocycles. The normalized spacial score (nSPS) is 17.1. The van der Waals surface area contributed by atoms with Gasteiger partial charge in [-0.3, -0.25) is 4.79 Å². The van der Waals surface area contributed by atoms with Crippen molar-refractivity contribution in [2.45, 2.75) is 32.8 Å². The van der Waals surface area contributed by atoms with Crippen molar-refractivity contribution in [3.8, 4) is 0 Å². The summed E-state index contributed by atoms with van der Waals surface area (Å²) >= 11 is 0. The second kappa shape index (κ2) is 7.41. The molecule has 0 radical (unpaired) electrons. The highest BCUT2D eigenvalue weighted by Crippen LogP contribution is 2.20. The molecule has 110 valence electrons. The maximum absolute atomic E-state index is 12.2. The van der Waals surface area contributed by atoms with Crippen LogP contribution in [0.25, 0.3) is 0 Å². The number of aliphatic hydroxyl groups is 1. The fraction of sp³-hybridized carbons (Fsp3) is 0.562. The lowest BCUT2D eigenvalue weighted by Crippen LogP contribution is -2.38. The Hall–Kier alpha value is -1.39. The number of anilines is 1. The number of amides is 1. The molecule has 0 atom stereocenters. The van der Waals surface area contributed by atoms with E-state index in [0.29, 0.717) is 0 Å². The predicted molar refractivity (Wildman–Crippen MR) is 80.4 cm³/mol. The Morgan fingerprint density at radius 3 is 2.80 bits per heavy atom. The number of nitrogens with zero attached hydrogens (tertiary/aromatic N) is 1. The van der Waals surface area contributed by atoms with Gasteiger partial charge in [-0.05, 0) is 56.6 Å². The first kappa shape index (κ1) is 15.0. The van der Waals surface area contributed by atoms with Gasteiger partial charge in [-0.1, -0.05) is 19.1 Å². The van der Waals surface area contributed by atoms with Crippen molar-refractivity contribution in [1.29, 1.82) is 0 Å². The molecule has 1 saturated heterocycles. The fourth-order valence-corrected chi connectivity index (χ4v) is 2.73. The van der Waals surface area contributed by atoms with Crippen molar-refractivity contribution in [2.75, 3.05) is 25.0 Å². The van der Waals surface area contributed by atoms with Gasteiger partial charge in [-0.15, -0.1) is 0 Å². The van der Waals surface area contributed by atoms with E-state index >= 15 is 0 Å². The van der Waals surface area contributed by atoms with Crippen LogP contribution < -0.4 is 5.32 Å². The molecule has 0 aliphatic carbocycles. The van der Waals surface area contributed by atoms with E-state index in [9.17, 15) is 4.79 Å². The molecule has 0 aromatic heterocycles. The number of carbonyl (C=O) groups is 1. The van der Waals surface area contributed by atoms with Gasteiger partial charge in [0, 0.05) is 11.6 Å². The van der Waals surface area contributed by atoms with Gasteiger partial charge in [0.25, 0.3) is 0 Å². The van der Waals surface area contributed by atoms with Gasteiger partial charge in [-0.25, -0.2) is 0 Å².